The Hall–Kier alpha value is -4.15. The third-order valence-electron chi connectivity index (χ3n) is 2.93. The Balaban J connectivity index is 1.96. The van der Waals surface area contributed by atoms with Gasteiger partial charge in [-0.05, 0) is 0 Å². The van der Waals surface area contributed by atoms with Crippen LogP contribution in [0.4, 0.5) is 11.4 Å². The summed E-state index contributed by atoms with van der Waals surface area (Å²) in [6.07, 6.45) is 2.63. The molecule has 0 heterocycles. The van der Waals surface area contributed by atoms with E-state index in [0.717, 1.165) is 0 Å². The Bertz CT molecular complexity index is 908. The first kappa shape index (κ1) is 18.2. The molecule has 0 spiro atoms. The number of non-ortho nitro benzene ring substituents is 2. The average Bonchev–Trinajstić information content (AvgIpc) is 2.62. The Labute approximate surface area is 146 Å². The monoisotopic (exact) mass is 355 g/mol. The number of benzene rings is 2. The summed E-state index contributed by atoms with van der Waals surface area (Å²) < 4.78 is 0. The molecule has 132 valence electrons. The zero-order valence-corrected chi connectivity index (χ0v) is 13.2. The molecule has 0 radical (unpaired) electrons. The van der Waals surface area contributed by atoms with Crippen LogP contribution >= 0.6 is 0 Å². The molecule has 2 rings (SSSR count). The predicted molar refractivity (Wildman–Crippen MR) is 96.1 cm³/mol. The summed E-state index contributed by atoms with van der Waals surface area (Å²) in [4.78, 5) is 20.3. The molecule has 0 unspecified atom stereocenters. The van der Waals surface area contributed by atoms with Gasteiger partial charge in [-0.15, -0.1) is 5.10 Å². The van der Waals surface area contributed by atoms with E-state index in [4.69, 9.17) is 5.73 Å². The Kier molecular flexibility index (Phi) is 6.04. The largest absolute Gasteiger partial charge is 0.367 e. The van der Waals surface area contributed by atoms with Gasteiger partial charge in [0.25, 0.3) is 11.4 Å². The molecule has 0 saturated heterocycles. The van der Waals surface area contributed by atoms with Gasteiger partial charge in [-0.25, -0.2) is 5.43 Å². The van der Waals surface area contributed by atoms with Crippen molar-refractivity contribution in [2.24, 2.45) is 21.0 Å². The number of nitrogens with one attached hydrogen (secondary N) is 1. The molecule has 0 bridgehead atoms. The molecule has 2 aromatic carbocycles. The lowest BCUT2D eigenvalue weighted by molar-refractivity contribution is -0.385. The fraction of sp³-hybridized carbons (Fsp3) is 0. The van der Waals surface area contributed by atoms with E-state index in [-0.39, 0.29) is 17.3 Å². The maximum atomic E-state index is 10.7. The minimum Gasteiger partial charge on any atom is -0.367 e. The van der Waals surface area contributed by atoms with Crippen LogP contribution in [-0.2, 0) is 0 Å². The number of guanidine groups is 1. The van der Waals surface area contributed by atoms with Crippen molar-refractivity contribution in [1.82, 2.24) is 5.43 Å². The highest BCUT2D eigenvalue weighted by Crippen LogP contribution is 2.12. The number of nitro benzene ring substituents is 2. The summed E-state index contributed by atoms with van der Waals surface area (Å²) >= 11 is 0. The van der Waals surface area contributed by atoms with Crippen LogP contribution < -0.4 is 11.2 Å². The van der Waals surface area contributed by atoms with Gasteiger partial charge in [0.05, 0.1) is 22.3 Å². The Morgan fingerprint density at radius 3 is 2.04 bits per heavy atom. The summed E-state index contributed by atoms with van der Waals surface area (Å²) in [5.74, 6) is -0.131. The summed E-state index contributed by atoms with van der Waals surface area (Å²) in [6.45, 7) is 0. The topological polar surface area (TPSA) is 161 Å². The van der Waals surface area contributed by atoms with Crippen LogP contribution in [0.2, 0.25) is 0 Å². The van der Waals surface area contributed by atoms with Crippen molar-refractivity contribution < 1.29 is 9.85 Å². The van der Waals surface area contributed by atoms with Crippen molar-refractivity contribution in [2.45, 2.75) is 0 Å². The second-order valence-corrected chi connectivity index (χ2v) is 4.80. The summed E-state index contributed by atoms with van der Waals surface area (Å²) in [6, 6.07) is 11.7. The quantitative estimate of drug-likeness (QED) is 0.347. The van der Waals surface area contributed by atoms with Crippen molar-refractivity contribution in [2.75, 3.05) is 0 Å². The lowest BCUT2D eigenvalue weighted by Gasteiger charge is -1.97. The fourth-order valence-electron chi connectivity index (χ4n) is 1.79. The zero-order valence-electron chi connectivity index (χ0n) is 13.2. The molecule has 3 N–H and O–H groups in total. The second-order valence-electron chi connectivity index (χ2n) is 4.80. The van der Waals surface area contributed by atoms with E-state index in [2.05, 4.69) is 20.7 Å². The highest BCUT2D eigenvalue weighted by molar-refractivity contribution is 5.85. The number of nitrogens with zero attached hydrogens (tertiary/aromatic N) is 5. The zero-order chi connectivity index (χ0) is 18.9. The summed E-state index contributed by atoms with van der Waals surface area (Å²) in [7, 11) is 0. The maximum absolute atomic E-state index is 10.7. The van der Waals surface area contributed by atoms with Crippen molar-refractivity contribution in [1.29, 1.82) is 0 Å². The minimum absolute atomic E-state index is 0.0582. The molecule has 26 heavy (non-hydrogen) atoms. The molecule has 0 aliphatic rings. The molecule has 11 nitrogen and oxygen atoms in total. The van der Waals surface area contributed by atoms with Crippen molar-refractivity contribution in [3.05, 3.63) is 79.9 Å². The van der Waals surface area contributed by atoms with Gasteiger partial charge in [-0.1, -0.05) is 24.3 Å². The van der Waals surface area contributed by atoms with Gasteiger partial charge in [0.1, 0.15) is 0 Å². The smallest absolute Gasteiger partial charge is 0.270 e. The normalized spacial score (nSPS) is 11.8. The number of hydrazone groups is 1. The molecule has 0 atom stereocenters. The van der Waals surface area contributed by atoms with Gasteiger partial charge in [0.15, 0.2) is 0 Å². The van der Waals surface area contributed by atoms with Gasteiger partial charge in [-0.2, -0.15) is 10.2 Å². The minimum atomic E-state index is -0.515. The molecule has 0 aromatic heterocycles. The first-order chi connectivity index (χ1) is 12.5. The van der Waals surface area contributed by atoms with E-state index in [1.54, 1.807) is 12.1 Å². The van der Waals surface area contributed by atoms with Crippen LogP contribution in [0.25, 0.3) is 0 Å². The number of hydrogen-bond acceptors (Lipinski definition) is 7. The third kappa shape index (κ3) is 5.49. The van der Waals surface area contributed by atoms with Crippen molar-refractivity contribution in [3.8, 4) is 0 Å². The summed E-state index contributed by atoms with van der Waals surface area (Å²) in [5.41, 5.74) is 8.81. The molecule has 0 aliphatic heterocycles. The van der Waals surface area contributed by atoms with Crippen molar-refractivity contribution >= 4 is 29.8 Å². The maximum Gasteiger partial charge on any atom is 0.270 e. The number of nitro groups is 2. The van der Waals surface area contributed by atoms with E-state index in [1.807, 2.05) is 0 Å². The molecule has 2 aromatic rings. The number of hydrogen-bond donors (Lipinski definition) is 2. The first-order valence-electron chi connectivity index (χ1n) is 7.10. The van der Waals surface area contributed by atoms with Crippen LogP contribution in [0.15, 0.2) is 63.8 Å². The van der Waals surface area contributed by atoms with Gasteiger partial charge in [0.2, 0.25) is 5.96 Å². The molecule has 11 heteroatoms. The van der Waals surface area contributed by atoms with Gasteiger partial charge in [0, 0.05) is 35.4 Å². The van der Waals surface area contributed by atoms with Crippen LogP contribution in [0.3, 0.4) is 0 Å². The lowest BCUT2D eigenvalue weighted by Crippen LogP contribution is -2.26. The van der Waals surface area contributed by atoms with Gasteiger partial charge < -0.3 is 5.73 Å². The molecular weight excluding hydrogens is 342 g/mol. The van der Waals surface area contributed by atoms with E-state index >= 15 is 0 Å². The van der Waals surface area contributed by atoms with Crippen molar-refractivity contribution in [3.63, 3.8) is 0 Å². The average molecular weight is 355 g/mol. The number of nitrogens with two attached hydrogens (primary N) is 1. The van der Waals surface area contributed by atoms with Crippen LogP contribution in [-0.4, -0.2) is 28.2 Å². The van der Waals surface area contributed by atoms with E-state index in [0.29, 0.717) is 11.1 Å². The highest BCUT2D eigenvalue weighted by Gasteiger charge is 2.04. The standard InChI is InChI=1S/C15H13N7O4/c16-15(19-17-9-11-3-1-5-13(7-11)21(23)24)20-18-10-12-4-2-6-14(8-12)22(25)26/h1-10H,(H3,16,19,20)/b17-9-,18-10+. The highest BCUT2D eigenvalue weighted by atomic mass is 16.6. The Morgan fingerprint density at radius 1 is 0.962 bits per heavy atom. The molecular formula is C15H13N7O4. The van der Waals surface area contributed by atoms with Gasteiger partial charge >= 0.3 is 0 Å². The third-order valence-corrected chi connectivity index (χ3v) is 2.93. The lowest BCUT2D eigenvalue weighted by atomic mass is 10.2. The second kappa shape index (κ2) is 8.63. The van der Waals surface area contributed by atoms with E-state index < -0.39 is 9.85 Å². The van der Waals surface area contributed by atoms with Crippen LogP contribution in [0, 0.1) is 20.2 Å². The molecule has 0 fully saturated rings. The summed E-state index contributed by atoms with van der Waals surface area (Å²) in [5, 5.41) is 32.5. The molecule has 0 saturated carbocycles. The Morgan fingerprint density at radius 2 is 1.50 bits per heavy atom. The SMILES string of the molecule is N/C(=N\N=C/c1cccc([N+](=O)[O-])c1)N/N=C/c1cccc([N+](=O)[O-])c1. The van der Waals surface area contributed by atoms with Crippen LogP contribution in [0.1, 0.15) is 11.1 Å². The molecule has 0 aliphatic carbocycles. The predicted octanol–water partition coefficient (Wildman–Crippen LogP) is 1.78. The molecule has 0 amide bonds. The first-order valence-corrected chi connectivity index (χ1v) is 7.10. The van der Waals surface area contributed by atoms with E-state index in [1.165, 1.54) is 48.8 Å². The van der Waals surface area contributed by atoms with Gasteiger partial charge in [-0.3, -0.25) is 20.2 Å². The number of rotatable bonds is 6. The van der Waals surface area contributed by atoms with Crippen LogP contribution in [0.5, 0.6) is 0 Å². The van der Waals surface area contributed by atoms with E-state index in [9.17, 15) is 20.2 Å². The fourth-order valence-corrected chi connectivity index (χ4v) is 1.79.